The molecule has 0 unspecified atom stereocenters. The van der Waals surface area contributed by atoms with Crippen LogP contribution in [0.5, 0.6) is 0 Å². The highest BCUT2D eigenvalue weighted by atomic mass is 16.9. The molecule has 0 aromatic heterocycles. The molecule has 0 aliphatic carbocycles. The Kier molecular flexibility index (Phi) is 101. The molecule has 8 N–H and O–H groups in total. The van der Waals surface area contributed by atoms with Crippen molar-refractivity contribution in [1.29, 1.82) is 0 Å². The van der Waals surface area contributed by atoms with Gasteiger partial charge in [0, 0.05) is 0 Å². The molecular weight excluding hydrogens is 108 g/mol. The van der Waals surface area contributed by atoms with Crippen LogP contribution in [0.4, 0.5) is 0 Å². The van der Waals surface area contributed by atoms with E-state index in [0.29, 0.717) is 0 Å². The van der Waals surface area contributed by atoms with E-state index in [-0.39, 0.29) is 17.1 Å². The Morgan fingerprint density at radius 3 is 1.43 bits per heavy atom. The lowest BCUT2D eigenvalue weighted by atomic mass is 13.1. The van der Waals surface area contributed by atoms with Gasteiger partial charge in [-0.05, 0) is 0 Å². The van der Waals surface area contributed by atoms with Gasteiger partial charge in [-0.15, -0.1) is 10.1 Å². The quantitative estimate of drug-likeness (QED) is 0.281. The topological polar surface area (TPSA) is 161 Å². The summed E-state index contributed by atoms with van der Waals surface area (Å²) in [7, 11) is 0. The van der Waals surface area contributed by atoms with Crippen LogP contribution in [-0.4, -0.2) is 21.2 Å². The third-order valence-corrected chi connectivity index (χ3v) is 0. The van der Waals surface area contributed by atoms with Crippen LogP contribution in [-0.2, 0) is 0 Å². The standard InChI is InChI=1S/HNO3.H3N.2H2O/c2-1(3)4;;;/h(H,2,3,4);1H3;2*1H2. The van der Waals surface area contributed by atoms with E-state index in [2.05, 4.69) is 0 Å². The molecule has 0 atom stereocenters. The summed E-state index contributed by atoms with van der Waals surface area (Å²) in [5.41, 5.74) is 0. The lowest BCUT2D eigenvalue weighted by molar-refractivity contribution is -0.742. The molecule has 0 fully saturated rings. The molecule has 7 nitrogen and oxygen atoms in total. The largest absolute Gasteiger partial charge is 0.412 e. The first kappa shape index (κ1) is 36.3. The van der Waals surface area contributed by atoms with Gasteiger partial charge < -0.3 is 22.3 Å². The highest BCUT2D eigenvalue weighted by molar-refractivity contribution is 3.83. The third kappa shape index (κ3) is 56.9. The van der Waals surface area contributed by atoms with Gasteiger partial charge in [0.2, 0.25) is 0 Å². The van der Waals surface area contributed by atoms with Crippen LogP contribution in [0.2, 0.25) is 0 Å². The SMILES string of the molecule is N.O.O.O=[N+]([O-])O. The summed E-state index contributed by atoms with van der Waals surface area (Å²) in [4.78, 5) is 8.36. The Labute approximate surface area is 38.9 Å². The number of hydrogen-bond acceptors (Lipinski definition) is 3. The van der Waals surface area contributed by atoms with Crippen LogP contribution >= 0.6 is 0 Å². The average Bonchev–Trinajstić information content (AvgIpc) is 0.811. The molecule has 0 saturated carbocycles. The predicted molar refractivity (Wildman–Crippen MR) is 21.0 cm³/mol. The third-order valence-electron chi connectivity index (χ3n) is 0. The molecule has 0 radical (unpaired) electrons. The van der Waals surface area contributed by atoms with Gasteiger partial charge in [-0.2, -0.15) is 0 Å². The maximum atomic E-state index is 8.36. The minimum atomic E-state index is -1.50. The molecule has 0 aliphatic rings. The Morgan fingerprint density at radius 1 is 1.43 bits per heavy atom. The van der Waals surface area contributed by atoms with E-state index >= 15 is 0 Å². The molecule has 0 saturated heterocycles. The van der Waals surface area contributed by atoms with E-state index in [1.165, 1.54) is 0 Å². The van der Waals surface area contributed by atoms with Gasteiger partial charge >= 0.3 is 0 Å². The molecule has 0 heterocycles. The Morgan fingerprint density at radius 2 is 1.43 bits per heavy atom. The van der Waals surface area contributed by atoms with Crippen molar-refractivity contribution in [2.45, 2.75) is 0 Å². The Bertz CT molecular complexity index is 29.1. The van der Waals surface area contributed by atoms with Gasteiger partial charge in [0.05, 0.1) is 0 Å². The van der Waals surface area contributed by atoms with E-state index in [1.54, 1.807) is 0 Å². The van der Waals surface area contributed by atoms with Crippen LogP contribution in [0.3, 0.4) is 0 Å². The summed E-state index contributed by atoms with van der Waals surface area (Å²) in [6, 6.07) is 0. The molecule has 7 heteroatoms. The molecule has 0 aliphatic heterocycles. The first-order chi connectivity index (χ1) is 1.73. The zero-order valence-electron chi connectivity index (χ0n) is 3.42. The smallest absolute Gasteiger partial charge is 0.291 e. The van der Waals surface area contributed by atoms with Crippen LogP contribution in [0.15, 0.2) is 0 Å². The molecule has 0 rings (SSSR count). The minimum absolute atomic E-state index is 0. The zero-order chi connectivity index (χ0) is 3.58. The van der Waals surface area contributed by atoms with Crippen molar-refractivity contribution < 1.29 is 21.2 Å². The lowest BCUT2D eigenvalue weighted by Gasteiger charge is -1.56. The van der Waals surface area contributed by atoms with Crippen molar-refractivity contribution >= 4 is 0 Å². The van der Waals surface area contributed by atoms with Gasteiger partial charge in [-0.25, -0.2) is 0 Å². The molecular formula is H8N2O5. The molecule has 7 heavy (non-hydrogen) atoms. The van der Waals surface area contributed by atoms with Gasteiger partial charge in [0.1, 0.15) is 0 Å². The van der Waals surface area contributed by atoms with Crippen molar-refractivity contribution in [1.82, 2.24) is 6.15 Å². The maximum Gasteiger partial charge on any atom is 0.291 e. The molecule has 0 bridgehead atoms. The van der Waals surface area contributed by atoms with Gasteiger partial charge in [0.25, 0.3) is 5.09 Å². The lowest BCUT2D eigenvalue weighted by Crippen LogP contribution is -1.81. The minimum Gasteiger partial charge on any atom is -0.412 e. The summed E-state index contributed by atoms with van der Waals surface area (Å²) >= 11 is 0. The molecule has 0 spiro atoms. The van der Waals surface area contributed by atoms with Crippen molar-refractivity contribution in [3.05, 3.63) is 10.1 Å². The van der Waals surface area contributed by atoms with Crippen LogP contribution in [0.25, 0.3) is 0 Å². The van der Waals surface area contributed by atoms with Crippen LogP contribution < -0.4 is 6.15 Å². The second-order valence-corrected chi connectivity index (χ2v) is 0.238. The molecule has 48 valence electrons. The zero-order valence-corrected chi connectivity index (χ0v) is 3.42. The highest BCUT2D eigenvalue weighted by Crippen LogP contribution is 1.38. The summed E-state index contributed by atoms with van der Waals surface area (Å²) in [6.07, 6.45) is 0. The van der Waals surface area contributed by atoms with Crippen LogP contribution in [0.1, 0.15) is 0 Å². The summed E-state index contributed by atoms with van der Waals surface area (Å²) in [5.74, 6) is 0. The number of nitrogens with zero attached hydrogens (tertiary/aromatic N) is 1. The maximum absolute atomic E-state index is 8.36. The Hall–Kier alpha value is -0.920. The van der Waals surface area contributed by atoms with Crippen molar-refractivity contribution in [2.75, 3.05) is 0 Å². The first-order valence-corrected chi connectivity index (χ1v) is 0.565. The number of hydrogen-bond donors (Lipinski definition) is 2. The second kappa shape index (κ2) is 19.5. The monoisotopic (exact) mass is 116 g/mol. The van der Waals surface area contributed by atoms with E-state index < -0.39 is 5.09 Å². The van der Waals surface area contributed by atoms with E-state index in [4.69, 9.17) is 15.3 Å². The van der Waals surface area contributed by atoms with Crippen molar-refractivity contribution in [3.63, 3.8) is 0 Å². The summed E-state index contributed by atoms with van der Waals surface area (Å²) < 4.78 is 0. The fourth-order valence-corrected chi connectivity index (χ4v) is 0. The fourth-order valence-electron chi connectivity index (χ4n) is 0. The van der Waals surface area contributed by atoms with E-state index in [9.17, 15) is 0 Å². The number of rotatable bonds is 0. The van der Waals surface area contributed by atoms with Crippen molar-refractivity contribution in [3.8, 4) is 0 Å². The van der Waals surface area contributed by atoms with Crippen LogP contribution in [0, 0.1) is 10.1 Å². The van der Waals surface area contributed by atoms with Gasteiger partial charge in [-0.1, -0.05) is 0 Å². The average molecular weight is 116 g/mol. The van der Waals surface area contributed by atoms with E-state index in [0.717, 1.165) is 0 Å². The second-order valence-electron chi connectivity index (χ2n) is 0.238. The molecule has 0 aromatic carbocycles. The van der Waals surface area contributed by atoms with Gasteiger partial charge in [-0.3, -0.25) is 0 Å². The molecule has 0 amide bonds. The summed E-state index contributed by atoms with van der Waals surface area (Å²) in [5, 5.41) is 13.6. The normalized spacial score (nSPS) is 3.43. The van der Waals surface area contributed by atoms with Gasteiger partial charge in [0.15, 0.2) is 0 Å². The predicted octanol–water partition coefficient (Wildman–Crippen LogP) is -1.84. The molecule has 0 aromatic rings. The Balaban J connectivity index is -0.0000000150. The van der Waals surface area contributed by atoms with Crippen molar-refractivity contribution in [2.24, 2.45) is 0 Å². The summed E-state index contributed by atoms with van der Waals surface area (Å²) in [6.45, 7) is 0. The first-order valence-electron chi connectivity index (χ1n) is 0.565. The fraction of sp³-hybridized carbons (Fsp3) is 0. The van der Waals surface area contributed by atoms with E-state index in [1.807, 2.05) is 0 Å². The highest BCUT2D eigenvalue weighted by Gasteiger charge is 1.65.